The minimum atomic E-state index is -0.895. The van der Waals surface area contributed by atoms with Crippen LogP contribution in [0.15, 0.2) is 42.6 Å². The lowest BCUT2D eigenvalue weighted by atomic mass is 10.0. The van der Waals surface area contributed by atoms with Crippen LogP contribution >= 0.6 is 23.2 Å². The monoisotopic (exact) mass is 408 g/mol. The maximum Gasteiger partial charge on any atom is 0.288 e. The minimum absolute atomic E-state index is 0.149. The summed E-state index contributed by atoms with van der Waals surface area (Å²) in [5.74, 6) is -1.92. The van der Waals surface area contributed by atoms with Crippen LogP contribution in [0.25, 0.3) is 0 Å². The molecule has 2 aromatic rings. The number of nitrogens with one attached hydrogen (secondary N) is 3. The molecule has 0 saturated heterocycles. The van der Waals surface area contributed by atoms with E-state index in [1.54, 1.807) is 26.0 Å². The summed E-state index contributed by atoms with van der Waals surface area (Å²) in [6, 6.07) is 8.37. The molecule has 1 heterocycles. The fraction of sp³-hybridized carbons (Fsp3) is 0.222. The second kappa shape index (κ2) is 9.34. The molecule has 7 nitrogen and oxygen atoms in total. The van der Waals surface area contributed by atoms with Gasteiger partial charge < -0.3 is 5.32 Å². The smallest absolute Gasteiger partial charge is 0.288 e. The Hall–Kier alpha value is -2.64. The molecular weight excluding hydrogens is 391 g/mol. The van der Waals surface area contributed by atoms with E-state index >= 15 is 0 Å². The summed E-state index contributed by atoms with van der Waals surface area (Å²) in [6.07, 6.45) is 1.46. The summed E-state index contributed by atoms with van der Waals surface area (Å²) in [7, 11) is 0. The van der Waals surface area contributed by atoms with Crippen LogP contribution in [0.3, 0.4) is 0 Å². The summed E-state index contributed by atoms with van der Waals surface area (Å²) < 4.78 is 0. The highest BCUT2D eigenvalue weighted by Gasteiger charge is 2.26. The Balaban J connectivity index is 2.02. The first-order valence-electron chi connectivity index (χ1n) is 8.06. The second-order valence-electron chi connectivity index (χ2n) is 5.98. The third kappa shape index (κ3) is 5.67. The number of carbonyl (C=O) groups excluding carboxylic acids is 3. The van der Waals surface area contributed by atoms with Gasteiger partial charge in [0.15, 0.2) is 0 Å². The van der Waals surface area contributed by atoms with Crippen molar-refractivity contribution in [1.82, 2.24) is 21.2 Å². The molecule has 0 aliphatic rings. The van der Waals surface area contributed by atoms with Crippen molar-refractivity contribution in [2.75, 3.05) is 0 Å². The van der Waals surface area contributed by atoms with Gasteiger partial charge in [0.25, 0.3) is 17.7 Å². The van der Waals surface area contributed by atoms with Gasteiger partial charge >= 0.3 is 0 Å². The number of amides is 3. The van der Waals surface area contributed by atoms with E-state index < -0.39 is 23.8 Å². The number of aromatic nitrogens is 1. The first-order chi connectivity index (χ1) is 12.8. The number of benzene rings is 1. The van der Waals surface area contributed by atoms with Gasteiger partial charge in [0.05, 0.1) is 10.6 Å². The lowest BCUT2D eigenvalue weighted by Crippen LogP contribution is -2.54. The molecule has 0 unspecified atom stereocenters. The Bertz CT molecular complexity index is 844. The molecule has 0 fully saturated rings. The number of hydrazine groups is 1. The SMILES string of the molecule is CC(C)[C@H](NC(=O)c1ccc(Cl)cc1Cl)C(=O)NNC(=O)c1ccccn1. The Morgan fingerprint density at radius 1 is 1.00 bits per heavy atom. The Morgan fingerprint density at radius 3 is 2.33 bits per heavy atom. The highest BCUT2D eigenvalue weighted by Crippen LogP contribution is 2.21. The molecular formula is C18H18Cl2N4O3. The fourth-order valence-electron chi connectivity index (χ4n) is 2.18. The summed E-state index contributed by atoms with van der Waals surface area (Å²) >= 11 is 11.9. The number of hydrogen-bond acceptors (Lipinski definition) is 4. The Morgan fingerprint density at radius 2 is 1.74 bits per heavy atom. The number of nitrogens with zero attached hydrogens (tertiary/aromatic N) is 1. The minimum Gasteiger partial charge on any atom is -0.340 e. The van der Waals surface area contributed by atoms with E-state index in [9.17, 15) is 14.4 Å². The zero-order valence-corrected chi connectivity index (χ0v) is 16.1. The molecule has 3 N–H and O–H groups in total. The first-order valence-corrected chi connectivity index (χ1v) is 8.82. The average molecular weight is 409 g/mol. The predicted molar refractivity (Wildman–Crippen MR) is 102 cm³/mol. The molecule has 1 aromatic carbocycles. The number of rotatable bonds is 5. The topological polar surface area (TPSA) is 100 Å². The van der Waals surface area contributed by atoms with Crippen molar-refractivity contribution >= 4 is 40.9 Å². The van der Waals surface area contributed by atoms with Gasteiger partial charge in [-0.1, -0.05) is 43.1 Å². The van der Waals surface area contributed by atoms with E-state index in [0.29, 0.717) is 5.02 Å². The van der Waals surface area contributed by atoms with E-state index in [1.165, 1.54) is 30.5 Å². The number of pyridine rings is 1. The van der Waals surface area contributed by atoms with Crippen LogP contribution < -0.4 is 16.2 Å². The van der Waals surface area contributed by atoms with Crippen molar-refractivity contribution in [2.45, 2.75) is 19.9 Å². The lowest BCUT2D eigenvalue weighted by molar-refractivity contribution is -0.124. The van der Waals surface area contributed by atoms with Crippen LogP contribution in [0.5, 0.6) is 0 Å². The molecule has 9 heteroatoms. The van der Waals surface area contributed by atoms with Crippen LogP contribution in [0, 0.1) is 5.92 Å². The van der Waals surface area contributed by atoms with Crippen molar-refractivity contribution < 1.29 is 14.4 Å². The van der Waals surface area contributed by atoms with E-state index in [4.69, 9.17) is 23.2 Å². The van der Waals surface area contributed by atoms with Crippen LogP contribution in [0.4, 0.5) is 0 Å². The van der Waals surface area contributed by atoms with Crippen molar-refractivity contribution in [2.24, 2.45) is 5.92 Å². The van der Waals surface area contributed by atoms with Crippen molar-refractivity contribution in [3.63, 3.8) is 0 Å². The van der Waals surface area contributed by atoms with Crippen LogP contribution in [0.2, 0.25) is 10.0 Å². The molecule has 0 aliphatic carbocycles. The standard InChI is InChI=1S/C18H18Cl2N4O3/c1-10(2)15(22-16(25)12-7-6-11(19)9-13(12)20)18(27)24-23-17(26)14-5-3-4-8-21-14/h3-10,15H,1-2H3,(H,22,25)(H,23,26)(H,24,27)/t15-/m0/s1. The molecule has 0 bridgehead atoms. The maximum atomic E-state index is 12.4. The van der Waals surface area contributed by atoms with Gasteiger partial charge in [0.1, 0.15) is 11.7 Å². The van der Waals surface area contributed by atoms with Crippen LogP contribution in [0.1, 0.15) is 34.7 Å². The van der Waals surface area contributed by atoms with E-state index in [-0.39, 0.29) is 22.2 Å². The molecule has 1 atom stereocenters. The van der Waals surface area contributed by atoms with Gasteiger partial charge in [-0.2, -0.15) is 0 Å². The number of hydrogen-bond donors (Lipinski definition) is 3. The van der Waals surface area contributed by atoms with Crippen LogP contribution in [-0.4, -0.2) is 28.7 Å². The zero-order valence-electron chi connectivity index (χ0n) is 14.6. The quantitative estimate of drug-likeness (QED) is 0.661. The third-order valence-electron chi connectivity index (χ3n) is 3.61. The third-order valence-corrected chi connectivity index (χ3v) is 4.16. The van der Waals surface area contributed by atoms with Crippen molar-refractivity contribution in [3.8, 4) is 0 Å². The molecule has 0 spiro atoms. The summed E-state index contributed by atoms with van der Waals surface area (Å²) in [5.41, 5.74) is 4.91. The molecule has 0 saturated carbocycles. The van der Waals surface area contributed by atoms with Crippen molar-refractivity contribution in [3.05, 3.63) is 63.9 Å². The second-order valence-corrected chi connectivity index (χ2v) is 6.82. The van der Waals surface area contributed by atoms with E-state index in [0.717, 1.165) is 0 Å². The molecule has 1 aromatic heterocycles. The molecule has 0 radical (unpaired) electrons. The largest absolute Gasteiger partial charge is 0.340 e. The van der Waals surface area contributed by atoms with Crippen molar-refractivity contribution in [1.29, 1.82) is 0 Å². The number of halogens is 2. The van der Waals surface area contributed by atoms with E-state index in [2.05, 4.69) is 21.2 Å². The highest BCUT2D eigenvalue weighted by molar-refractivity contribution is 6.36. The fourth-order valence-corrected chi connectivity index (χ4v) is 2.68. The van der Waals surface area contributed by atoms with Crippen LogP contribution in [-0.2, 0) is 4.79 Å². The summed E-state index contributed by atoms with van der Waals surface area (Å²) in [6.45, 7) is 3.52. The van der Waals surface area contributed by atoms with Gasteiger partial charge in [0, 0.05) is 11.2 Å². The summed E-state index contributed by atoms with van der Waals surface area (Å²) in [5, 5.41) is 3.18. The lowest BCUT2D eigenvalue weighted by Gasteiger charge is -2.22. The van der Waals surface area contributed by atoms with Gasteiger partial charge in [-0.3, -0.25) is 30.2 Å². The average Bonchev–Trinajstić information content (AvgIpc) is 2.64. The van der Waals surface area contributed by atoms with Gasteiger partial charge in [-0.25, -0.2) is 0 Å². The van der Waals surface area contributed by atoms with Gasteiger partial charge in [0.2, 0.25) is 0 Å². The highest BCUT2D eigenvalue weighted by atomic mass is 35.5. The maximum absolute atomic E-state index is 12.4. The van der Waals surface area contributed by atoms with Gasteiger partial charge in [-0.15, -0.1) is 0 Å². The predicted octanol–water partition coefficient (Wildman–Crippen LogP) is 2.60. The Labute approximate surface area is 166 Å². The molecule has 2 rings (SSSR count). The van der Waals surface area contributed by atoms with Gasteiger partial charge in [-0.05, 0) is 36.2 Å². The van der Waals surface area contributed by atoms with E-state index in [1.807, 2.05) is 0 Å². The summed E-state index contributed by atoms with van der Waals surface area (Å²) in [4.78, 5) is 40.7. The molecule has 27 heavy (non-hydrogen) atoms. The Kier molecular flexibility index (Phi) is 7.15. The molecule has 3 amide bonds. The number of carbonyl (C=O) groups is 3. The first kappa shape index (κ1) is 20.7. The molecule has 0 aliphatic heterocycles. The zero-order chi connectivity index (χ0) is 20.0. The molecule has 142 valence electrons. The normalized spacial score (nSPS) is 11.6.